The van der Waals surface area contributed by atoms with Gasteiger partial charge >= 0.3 is 0 Å². The van der Waals surface area contributed by atoms with Gasteiger partial charge in [0.15, 0.2) is 0 Å². The Hall–Kier alpha value is -3.26. The van der Waals surface area contributed by atoms with Crippen LogP contribution in [0.5, 0.6) is 0 Å². The number of hydrogen-bond acceptors (Lipinski definition) is 5. The molecule has 0 atom stereocenters. The van der Waals surface area contributed by atoms with E-state index in [1.54, 1.807) is 12.1 Å². The molecule has 9 heteroatoms. The number of benzene rings is 3. The lowest BCUT2D eigenvalue weighted by Crippen LogP contribution is -2.01. The fourth-order valence-electron chi connectivity index (χ4n) is 2.49. The van der Waals surface area contributed by atoms with Gasteiger partial charge in [-0.2, -0.15) is 0 Å². The van der Waals surface area contributed by atoms with Gasteiger partial charge in [0.1, 0.15) is 11.5 Å². The maximum Gasteiger partial charge on any atom is 0.300 e. The number of fused-ring (bicyclic) bond motifs is 1. The highest BCUT2D eigenvalue weighted by atomic mass is 35.5. The normalized spacial score (nSPS) is 10.6. The molecule has 25 heavy (non-hydrogen) atoms. The Kier molecular flexibility index (Phi) is 4.20. The second kappa shape index (κ2) is 6.33. The van der Waals surface area contributed by atoms with Crippen LogP contribution in [0.15, 0.2) is 48.5 Å². The van der Waals surface area contributed by atoms with Gasteiger partial charge in [-0.3, -0.25) is 20.2 Å². The number of non-ortho nitro benzene ring substituents is 1. The van der Waals surface area contributed by atoms with Crippen LogP contribution in [0.3, 0.4) is 0 Å². The van der Waals surface area contributed by atoms with Gasteiger partial charge in [-0.05, 0) is 24.3 Å². The van der Waals surface area contributed by atoms with Crippen molar-refractivity contribution in [3.8, 4) is 0 Å². The molecule has 3 aromatic carbocycles. The number of nitrogens with zero attached hydrogens (tertiary/aromatic N) is 2. The zero-order chi connectivity index (χ0) is 18.1. The van der Waals surface area contributed by atoms with Crippen LogP contribution < -0.4 is 5.32 Å². The summed E-state index contributed by atoms with van der Waals surface area (Å²) < 4.78 is 13.3. The number of nitro benzene ring substituents is 2. The molecule has 0 saturated heterocycles. The van der Waals surface area contributed by atoms with E-state index in [1.165, 1.54) is 24.3 Å². The molecule has 0 saturated carbocycles. The molecule has 1 N–H and O–H groups in total. The van der Waals surface area contributed by atoms with Gasteiger partial charge in [-0.15, -0.1) is 0 Å². The van der Waals surface area contributed by atoms with Crippen molar-refractivity contribution in [3.05, 3.63) is 79.6 Å². The van der Waals surface area contributed by atoms with Gasteiger partial charge in [-0.1, -0.05) is 29.8 Å². The van der Waals surface area contributed by atoms with Gasteiger partial charge in [-0.25, -0.2) is 4.39 Å². The second-order valence-electron chi connectivity index (χ2n) is 5.10. The van der Waals surface area contributed by atoms with Crippen LogP contribution in [-0.2, 0) is 0 Å². The van der Waals surface area contributed by atoms with E-state index in [1.807, 2.05) is 0 Å². The number of rotatable bonds is 4. The highest BCUT2D eigenvalue weighted by Crippen LogP contribution is 2.40. The third-order valence-corrected chi connectivity index (χ3v) is 3.87. The van der Waals surface area contributed by atoms with E-state index in [4.69, 9.17) is 11.6 Å². The van der Waals surface area contributed by atoms with Crippen molar-refractivity contribution in [1.29, 1.82) is 0 Å². The Labute approximate surface area is 144 Å². The van der Waals surface area contributed by atoms with E-state index in [2.05, 4.69) is 5.32 Å². The van der Waals surface area contributed by atoms with E-state index < -0.39 is 21.4 Å². The Morgan fingerprint density at radius 2 is 1.56 bits per heavy atom. The molecule has 126 valence electrons. The van der Waals surface area contributed by atoms with E-state index in [-0.39, 0.29) is 21.8 Å². The highest BCUT2D eigenvalue weighted by Gasteiger charge is 2.25. The van der Waals surface area contributed by atoms with Crippen molar-refractivity contribution < 1.29 is 14.2 Å². The first-order chi connectivity index (χ1) is 11.9. The predicted octanol–water partition coefficient (Wildman–Crippen LogP) is 5.19. The molecule has 3 rings (SSSR count). The number of nitrogens with one attached hydrogen (secondary N) is 1. The maximum atomic E-state index is 13.3. The lowest BCUT2D eigenvalue weighted by atomic mass is 10.0. The number of nitro groups is 2. The average molecular weight is 362 g/mol. The fourth-order valence-corrected chi connectivity index (χ4v) is 2.67. The van der Waals surface area contributed by atoms with Crippen molar-refractivity contribution in [1.82, 2.24) is 0 Å². The molecule has 0 aromatic heterocycles. The molecule has 0 bridgehead atoms. The average Bonchev–Trinajstić information content (AvgIpc) is 2.57. The smallest absolute Gasteiger partial charge is 0.300 e. The fraction of sp³-hybridized carbons (Fsp3) is 0. The molecule has 0 amide bonds. The van der Waals surface area contributed by atoms with Gasteiger partial charge in [0.05, 0.1) is 26.3 Å². The lowest BCUT2D eigenvalue weighted by molar-refractivity contribution is -0.392. The number of halogens is 2. The van der Waals surface area contributed by atoms with Crippen LogP contribution >= 0.6 is 11.6 Å². The van der Waals surface area contributed by atoms with Crippen molar-refractivity contribution in [2.45, 2.75) is 0 Å². The summed E-state index contributed by atoms with van der Waals surface area (Å²) in [7, 11) is 0. The minimum atomic E-state index is -0.715. The SMILES string of the molecule is O=[N+]([O-])c1cc([N+](=O)[O-])c2ccccc2c1Nc1ccc(F)c(Cl)c1. The van der Waals surface area contributed by atoms with Crippen molar-refractivity contribution >= 4 is 45.1 Å². The third-order valence-electron chi connectivity index (χ3n) is 3.58. The molecule has 0 heterocycles. The Balaban J connectivity index is 2.27. The monoisotopic (exact) mass is 361 g/mol. The first kappa shape index (κ1) is 16.6. The quantitative estimate of drug-likeness (QED) is 0.509. The van der Waals surface area contributed by atoms with Crippen molar-refractivity contribution in [2.24, 2.45) is 0 Å². The largest absolute Gasteiger partial charge is 0.349 e. The summed E-state index contributed by atoms with van der Waals surface area (Å²) >= 11 is 5.73. The molecule has 0 spiro atoms. The molecular formula is C16H9ClFN3O4. The predicted molar refractivity (Wildman–Crippen MR) is 91.9 cm³/mol. The van der Waals surface area contributed by atoms with Crippen LogP contribution in [-0.4, -0.2) is 9.85 Å². The van der Waals surface area contributed by atoms with Crippen molar-refractivity contribution in [3.63, 3.8) is 0 Å². The maximum absolute atomic E-state index is 13.3. The van der Waals surface area contributed by atoms with Crippen LogP contribution in [0, 0.1) is 26.0 Å². The van der Waals surface area contributed by atoms with Gasteiger partial charge in [0.2, 0.25) is 0 Å². The summed E-state index contributed by atoms with van der Waals surface area (Å²) in [5, 5.41) is 25.9. The first-order valence-corrected chi connectivity index (χ1v) is 7.33. The number of anilines is 2. The Morgan fingerprint density at radius 3 is 2.16 bits per heavy atom. The molecule has 3 aromatic rings. The van der Waals surface area contributed by atoms with Gasteiger partial charge in [0, 0.05) is 11.1 Å². The summed E-state index contributed by atoms with van der Waals surface area (Å²) in [6, 6.07) is 10.9. The standard InChI is InChI=1S/C16H9ClFN3O4/c17-12-7-9(5-6-13(12)18)19-16-11-4-2-1-3-10(11)14(20(22)23)8-15(16)21(24)25/h1-8,19H. The van der Waals surface area contributed by atoms with Crippen LogP contribution in [0.4, 0.5) is 27.1 Å². The Bertz CT molecular complexity index is 1030. The molecule has 0 aliphatic heterocycles. The Morgan fingerprint density at radius 1 is 0.920 bits per heavy atom. The molecule has 0 aliphatic carbocycles. The van der Waals surface area contributed by atoms with Gasteiger partial charge < -0.3 is 5.32 Å². The lowest BCUT2D eigenvalue weighted by Gasteiger charge is -2.11. The molecule has 0 radical (unpaired) electrons. The molecular weight excluding hydrogens is 353 g/mol. The molecule has 0 aliphatic rings. The summed E-state index contributed by atoms with van der Waals surface area (Å²) in [6.45, 7) is 0. The van der Waals surface area contributed by atoms with Gasteiger partial charge in [0.25, 0.3) is 11.4 Å². The van der Waals surface area contributed by atoms with E-state index in [9.17, 15) is 24.6 Å². The summed E-state index contributed by atoms with van der Waals surface area (Å²) in [6.07, 6.45) is 0. The minimum Gasteiger partial charge on any atom is -0.349 e. The summed E-state index contributed by atoms with van der Waals surface area (Å²) in [5.74, 6) is -0.629. The zero-order valence-corrected chi connectivity index (χ0v) is 13.2. The van der Waals surface area contributed by atoms with E-state index >= 15 is 0 Å². The van der Waals surface area contributed by atoms with E-state index in [0.29, 0.717) is 11.1 Å². The summed E-state index contributed by atoms with van der Waals surface area (Å²) in [5.41, 5.74) is -0.460. The molecule has 0 fully saturated rings. The van der Waals surface area contributed by atoms with Crippen molar-refractivity contribution in [2.75, 3.05) is 5.32 Å². The first-order valence-electron chi connectivity index (χ1n) is 6.95. The topological polar surface area (TPSA) is 98.3 Å². The van der Waals surface area contributed by atoms with Crippen LogP contribution in [0.25, 0.3) is 10.8 Å². The minimum absolute atomic E-state index is 0.0638. The number of hydrogen-bond donors (Lipinski definition) is 1. The summed E-state index contributed by atoms with van der Waals surface area (Å²) in [4.78, 5) is 21.3. The molecule has 0 unspecified atom stereocenters. The second-order valence-corrected chi connectivity index (χ2v) is 5.51. The van der Waals surface area contributed by atoms with Crippen LogP contribution in [0.2, 0.25) is 5.02 Å². The zero-order valence-electron chi connectivity index (χ0n) is 12.4. The van der Waals surface area contributed by atoms with E-state index in [0.717, 1.165) is 12.1 Å². The van der Waals surface area contributed by atoms with Crippen LogP contribution in [0.1, 0.15) is 0 Å². The highest BCUT2D eigenvalue weighted by molar-refractivity contribution is 6.31. The third kappa shape index (κ3) is 3.07. The molecule has 7 nitrogen and oxygen atoms in total.